The van der Waals surface area contributed by atoms with Crippen molar-refractivity contribution >= 4 is 11.9 Å². The van der Waals surface area contributed by atoms with Gasteiger partial charge in [-0.25, -0.2) is 4.79 Å². The molecule has 21 heavy (non-hydrogen) atoms. The van der Waals surface area contributed by atoms with Crippen LogP contribution in [0.3, 0.4) is 0 Å². The van der Waals surface area contributed by atoms with Crippen molar-refractivity contribution in [2.24, 2.45) is 5.92 Å². The monoisotopic (exact) mass is 296 g/mol. The second-order valence-electron chi connectivity index (χ2n) is 5.85. The van der Waals surface area contributed by atoms with E-state index in [0.29, 0.717) is 18.5 Å². The summed E-state index contributed by atoms with van der Waals surface area (Å²) in [6.07, 6.45) is 3.86. The summed E-state index contributed by atoms with van der Waals surface area (Å²) in [5.74, 6) is 0.317. The topological polar surface area (TPSA) is 73.5 Å². The number of nitrogens with one attached hydrogen (secondary N) is 3. The Labute approximate surface area is 127 Å². The van der Waals surface area contributed by atoms with Crippen molar-refractivity contribution in [2.75, 3.05) is 32.7 Å². The van der Waals surface area contributed by atoms with Crippen LogP contribution in [0.15, 0.2) is 12.7 Å². The van der Waals surface area contributed by atoms with Gasteiger partial charge >= 0.3 is 6.03 Å². The normalized spacial score (nSPS) is 19.3. The highest BCUT2D eigenvalue weighted by atomic mass is 16.2. The highest BCUT2D eigenvalue weighted by Gasteiger charge is 2.22. The predicted octanol–water partition coefficient (Wildman–Crippen LogP) is 0.708. The largest absolute Gasteiger partial charge is 0.334 e. The molecule has 1 heterocycles. The molecule has 1 aliphatic rings. The van der Waals surface area contributed by atoms with Gasteiger partial charge in [0, 0.05) is 19.1 Å². The van der Waals surface area contributed by atoms with Crippen LogP contribution in [0.2, 0.25) is 0 Å². The maximum Gasteiger partial charge on any atom is 0.321 e. The first-order valence-corrected chi connectivity index (χ1v) is 7.65. The van der Waals surface area contributed by atoms with Gasteiger partial charge in [-0.2, -0.15) is 0 Å². The summed E-state index contributed by atoms with van der Waals surface area (Å²) in [7, 11) is 0. The predicted molar refractivity (Wildman–Crippen MR) is 84.0 cm³/mol. The Balaban J connectivity index is 2.28. The fourth-order valence-electron chi connectivity index (χ4n) is 2.44. The lowest BCUT2D eigenvalue weighted by atomic mass is 9.98. The van der Waals surface area contributed by atoms with Gasteiger partial charge in [-0.3, -0.25) is 15.0 Å². The van der Waals surface area contributed by atoms with Gasteiger partial charge in [-0.15, -0.1) is 6.58 Å². The van der Waals surface area contributed by atoms with E-state index in [4.69, 9.17) is 0 Å². The third kappa shape index (κ3) is 7.82. The van der Waals surface area contributed by atoms with E-state index < -0.39 is 6.03 Å². The molecule has 3 N–H and O–H groups in total. The number of likely N-dealkylation sites (tertiary alicyclic amines) is 1. The molecule has 6 heteroatoms. The minimum Gasteiger partial charge on any atom is -0.334 e. The minimum absolute atomic E-state index is 0.256. The van der Waals surface area contributed by atoms with Crippen LogP contribution in [0.25, 0.3) is 0 Å². The molecule has 1 saturated heterocycles. The van der Waals surface area contributed by atoms with E-state index in [9.17, 15) is 9.59 Å². The molecule has 0 saturated carbocycles. The van der Waals surface area contributed by atoms with E-state index in [0.717, 1.165) is 26.1 Å². The SMILES string of the molecule is C=CCNC(=O)NC(=O)CN1CCCC(CNC(C)C)C1. The lowest BCUT2D eigenvalue weighted by Gasteiger charge is -2.32. The Morgan fingerprint density at radius 3 is 2.86 bits per heavy atom. The zero-order chi connectivity index (χ0) is 15.7. The standard InChI is InChI=1S/C15H28N4O2/c1-4-7-16-15(21)18-14(20)11-19-8-5-6-13(10-19)9-17-12(2)3/h4,12-13,17H,1,5-11H2,2-3H3,(H2,16,18,20,21). The molecular weight excluding hydrogens is 268 g/mol. The molecule has 0 aromatic rings. The number of hydrogen-bond donors (Lipinski definition) is 3. The summed E-state index contributed by atoms with van der Waals surface area (Å²) in [6.45, 7) is 11.2. The highest BCUT2D eigenvalue weighted by Crippen LogP contribution is 2.15. The van der Waals surface area contributed by atoms with Crippen LogP contribution in [0.1, 0.15) is 26.7 Å². The van der Waals surface area contributed by atoms with E-state index >= 15 is 0 Å². The molecule has 3 amide bonds. The molecule has 0 spiro atoms. The van der Waals surface area contributed by atoms with Crippen LogP contribution in [0, 0.1) is 5.92 Å². The first-order chi connectivity index (χ1) is 10.0. The molecule has 6 nitrogen and oxygen atoms in total. The second kappa shape index (κ2) is 9.52. The van der Waals surface area contributed by atoms with Crippen LogP contribution in [0.5, 0.6) is 0 Å². The van der Waals surface area contributed by atoms with Gasteiger partial charge in [0.25, 0.3) is 0 Å². The summed E-state index contributed by atoms with van der Waals surface area (Å²) < 4.78 is 0. The van der Waals surface area contributed by atoms with Gasteiger partial charge in [0.15, 0.2) is 0 Å². The number of imide groups is 1. The number of amides is 3. The summed E-state index contributed by atoms with van der Waals surface area (Å²) in [5, 5.41) is 8.30. The summed E-state index contributed by atoms with van der Waals surface area (Å²) in [4.78, 5) is 25.3. The van der Waals surface area contributed by atoms with Gasteiger partial charge in [-0.05, 0) is 31.8 Å². The van der Waals surface area contributed by atoms with Crippen molar-refractivity contribution in [3.05, 3.63) is 12.7 Å². The second-order valence-corrected chi connectivity index (χ2v) is 5.85. The fourth-order valence-corrected chi connectivity index (χ4v) is 2.44. The lowest BCUT2D eigenvalue weighted by molar-refractivity contribution is -0.121. The molecule has 1 aliphatic heterocycles. The lowest BCUT2D eigenvalue weighted by Crippen LogP contribution is -2.48. The first kappa shape index (κ1) is 17.7. The number of piperidine rings is 1. The summed E-state index contributed by atoms with van der Waals surface area (Å²) in [5.41, 5.74) is 0. The average Bonchev–Trinajstić information content (AvgIpc) is 2.43. The number of carbonyl (C=O) groups is 2. The Morgan fingerprint density at radius 2 is 2.19 bits per heavy atom. The molecular formula is C15H28N4O2. The molecule has 0 bridgehead atoms. The molecule has 1 atom stereocenters. The van der Waals surface area contributed by atoms with Gasteiger partial charge in [0.1, 0.15) is 0 Å². The fraction of sp³-hybridized carbons (Fsp3) is 0.733. The number of urea groups is 1. The average molecular weight is 296 g/mol. The molecule has 1 unspecified atom stereocenters. The van der Waals surface area contributed by atoms with Crippen LogP contribution >= 0.6 is 0 Å². The van der Waals surface area contributed by atoms with Crippen molar-refractivity contribution in [3.8, 4) is 0 Å². The Kier molecular flexibility index (Phi) is 8.00. The Morgan fingerprint density at radius 1 is 1.43 bits per heavy atom. The number of nitrogens with zero attached hydrogens (tertiary/aromatic N) is 1. The highest BCUT2D eigenvalue weighted by molar-refractivity contribution is 5.95. The molecule has 0 aromatic carbocycles. The Bertz CT molecular complexity index is 358. The van der Waals surface area contributed by atoms with Crippen molar-refractivity contribution in [1.29, 1.82) is 0 Å². The van der Waals surface area contributed by atoms with Crippen molar-refractivity contribution in [2.45, 2.75) is 32.7 Å². The Hall–Kier alpha value is -1.40. The third-order valence-corrected chi connectivity index (χ3v) is 3.45. The van der Waals surface area contributed by atoms with Crippen LogP contribution < -0.4 is 16.0 Å². The van der Waals surface area contributed by atoms with Crippen LogP contribution in [0.4, 0.5) is 4.79 Å². The quantitative estimate of drug-likeness (QED) is 0.605. The maximum absolute atomic E-state index is 11.8. The van der Waals surface area contributed by atoms with E-state index in [1.165, 1.54) is 6.42 Å². The minimum atomic E-state index is -0.463. The smallest absolute Gasteiger partial charge is 0.321 e. The molecule has 1 fully saturated rings. The van der Waals surface area contributed by atoms with Crippen LogP contribution in [-0.4, -0.2) is 55.6 Å². The number of hydrogen-bond acceptors (Lipinski definition) is 4. The van der Waals surface area contributed by atoms with Crippen molar-refractivity contribution < 1.29 is 9.59 Å². The maximum atomic E-state index is 11.8. The van der Waals surface area contributed by atoms with Crippen molar-refractivity contribution in [3.63, 3.8) is 0 Å². The van der Waals surface area contributed by atoms with E-state index in [1.807, 2.05) is 0 Å². The molecule has 0 aliphatic carbocycles. The zero-order valence-corrected chi connectivity index (χ0v) is 13.2. The van der Waals surface area contributed by atoms with E-state index in [-0.39, 0.29) is 12.5 Å². The van der Waals surface area contributed by atoms with Gasteiger partial charge in [0.2, 0.25) is 5.91 Å². The summed E-state index contributed by atoms with van der Waals surface area (Å²) >= 11 is 0. The first-order valence-electron chi connectivity index (χ1n) is 7.65. The molecule has 1 rings (SSSR count). The number of rotatable bonds is 7. The molecule has 0 radical (unpaired) electrons. The van der Waals surface area contributed by atoms with Gasteiger partial charge < -0.3 is 10.6 Å². The van der Waals surface area contributed by atoms with E-state index in [2.05, 4.69) is 41.3 Å². The third-order valence-electron chi connectivity index (χ3n) is 3.45. The molecule has 0 aromatic heterocycles. The molecule has 120 valence electrons. The van der Waals surface area contributed by atoms with Gasteiger partial charge in [-0.1, -0.05) is 19.9 Å². The zero-order valence-electron chi connectivity index (χ0n) is 13.2. The van der Waals surface area contributed by atoms with E-state index in [1.54, 1.807) is 6.08 Å². The van der Waals surface area contributed by atoms with Crippen molar-refractivity contribution in [1.82, 2.24) is 20.9 Å². The summed E-state index contributed by atoms with van der Waals surface area (Å²) in [6, 6.07) is 0.0205. The van der Waals surface area contributed by atoms with Gasteiger partial charge in [0.05, 0.1) is 6.54 Å². The number of carbonyl (C=O) groups excluding carboxylic acids is 2. The van der Waals surface area contributed by atoms with Crippen LogP contribution in [-0.2, 0) is 4.79 Å².